The van der Waals surface area contributed by atoms with Crippen LogP contribution in [0.2, 0.25) is 0 Å². The molecule has 7 nitrogen and oxygen atoms in total. The fraction of sp³-hybridized carbons (Fsp3) is 0.500. The summed E-state index contributed by atoms with van der Waals surface area (Å²) in [5.41, 5.74) is 1.69. The van der Waals surface area contributed by atoms with Crippen molar-refractivity contribution in [2.45, 2.75) is 13.5 Å². The first-order valence-electron chi connectivity index (χ1n) is 6.76. The minimum atomic E-state index is -0.413. The molecule has 1 aromatic rings. The number of nitrogens with one attached hydrogen (secondary N) is 1. The van der Waals surface area contributed by atoms with Crippen LogP contribution in [0.15, 0.2) is 18.2 Å². The van der Waals surface area contributed by atoms with E-state index in [-0.39, 0.29) is 18.1 Å². The Kier molecular flexibility index (Phi) is 6.10. The smallest absolute Gasteiger partial charge is 0.269 e. The minimum absolute atomic E-state index is 0.00767. The summed E-state index contributed by atoms with van der Waals surface area (Å²) in [4.78, 5) is 25.7. The second-order valence-corrected chi connectivity index (χ2v) is 4.94. The number of hydrogen-bond acceptors (Lipinski definition) is 5. The van der Waals surface area contributed by atoms with Crippen molar-refractivity contribution in [3.05, 3.63) is 33.9 Å². The number of hydrogen-bond donors (Lipinski definition) is 1. The van der Waals surface area contributed by atoms with Gasteiger partial charge in [0.05, 0.1) is 11.5 Å². The molecule has 0 spiro atoms. The van der Waals surface area contributed by atoms with E-state index in [2.05, 4.69) is 5.32 Å². The third-order valence-corrected chi connectivity index (χ3v) is 3.27. The largest absolute Gasteiger partial charge is 0.388 e. The van der Waals surface area contributed by atoms with Crippen molar-refractivity contribution in [1.29, 1.82) is 0 Å². The molecule has 0 unspecified atom stereocenters. The molecule has 0 aliphatic heterocycles. The van der Waals surface area contributed by atoms with E-state index in [0.29, 0.717) is 13.1 Å². The normalized spacial score (nSPS) is 10.5. The van der Waals surface area contributed by atoms with Gasteiger partial charge in [0.2, 0.25) is 5.91 Å². The molecule has 0 fully saturated rings. The van der Waals surface area contributed by atoms with Crippen LogP contribution in [0.4, 0.5) is 11.4 Å². The van der Waals surface area contributed by atoms with Gasteiger partial charge in [0.25, 0.3) is 5.69 Å². The molecule has 0 aromatic heterocycles. The molecule has 1 aromatic carbocycles. The van der Waals surface area contributed by atoms with Crippen molar-refractivity contribution in [1.82, 2.24) is 9.80 Å². The SMILES string of the molecule is CCN(CC(=O)N(C)C)Cc1cc([N+](=O)[O-])ccc1NC. The van der Waals surface area contributed by atoms with Crippen molar-refractivity contribution in [3.63, 3.8) is 0 Å². The molecule has 0 heterocycles. The van der Waals surface area contributed by atoms with Gasteiger partial charge in [0.15, 0.2) is 0 Å². The summed E-state index contributed by atoms with van der Waals surface area (Å²) in [5, 5.41) is 13.9. The number of carbonyl (C=O) groups excluding carboxylic acids is 1. The quantitative estimate of drug-likeness (QED) is 0.609. The van der Waals surface area contributed by atoms with Gasteiger partial charge in [-0.2, -0.15) is 0 Å². The van der Waals surface area contributed by atoms with Gasteiger partial charge in [-0.3, -0.25) is 19.8 Å². The Labute approximate surface area is 124 Å². The average Bonchev–Trinajstić information content (AvgIpc) is 2.45. The summed E-state index contributed by atoms with van der Waals surface area (Å²) < 4.78 is 0. The van der Waals surface area contributed by atoms with Crippen LogP contribution in [0.1, 0.15) is 12.5 Å². The summed E-state index contributed by atoms with van der Waals surface area (Å²) in [6.07, 6.45) is 0. The minimum Gasteiger partial charge on any atom is -0.388 e. The molecule has 7 heteroatoms. The second kappa shape index (κ2) is 7.58. The van der Waals surface area contributed by atoms with Crippen LogP contribution in [0.25, 0.3) is 0 Å². The molecule has 0 aliphatic rings. The first-order valence-corrected chi connectivity index (χ1v) is 6.76. The summed E-state index contributed by atoms with van der Waals surface area (Å²) in [5.74, 6) is 0.00767. The maximum Gasteiger partial charge on any atom is 0.269 e. The van der Waals surface area contributed by atoms with Crippen molar-refractivity contribution in [2.75, 3.05) is 39.5 Å². The highest BCUT2D eigenvalue weighted by molar-refractivity contribution is 5.77. The Balaban J connectivity index is 2.94. The molecule has 116 valence electrons. The highest BCUT2D eigenvalue weighted by Crippen LogP contribution is 2.23. The van der Waals surface area contributed by atoms with E-state index in [1.165, 1.54) is 11.0 Å². The zero-order valence-corrected chi connectivity index (χ0v) is 12.9. The first kappa shape index (κ1) is 16.9. The Hall–Kier alpha value is -2.15. The predicted octanol–water partition coefficient (Wildman–Crippen LogP) is 1.55. The van der Waals surface area contributed by atoms with Gasteiger partial charge in [-0.25, -0.2) is 0 Å². The Morgan fingerprint density at radius 1 is 1.38 bits per heavy atom. The highest BCUT2D eigenvalue weighted by Gasteiger charge is 2.15. The predicted molar refractivity (Wildman–Crippen MR) is 82.3 cm³/mol. The van der Waals surface area contributed by atoms with Gasteiger partial charge >= 0.3 is 0 Å². The van der Waals surface area contributed by atoms with Crippen molar-refractivity contribution < 1.29 is 9.72 Å². The number of carbonyl (C=O) groups is 1. The van der Waals surface area contributed by atoms with E-state index >= 15 is 0 Å². The summed E-state index contributed by atoms with van der Waals surface area (Å²) in [6.45, 7) is 3.41. The molecule has 1 N–H and O–H groups in total. The second-order valence-electron chi connectivity index (χ2n) is 4.94. The zero-order valence-electron chi connectivity index (χ0n) is 12.9. The molecule has 1 rings (SSSR count). The lowest BCUT2D eigenvalue weighted by Gasteiger charge is -2.23. The lowest BCUT2D eigenvalue weighted by Crippen LogP contribution is -2.36. The number of rotatable bonds is 7. The third kappa shape index (κ3) is 4.71. The molecule has 1 amide bonds. The van der Waals surface area contributed by atoms with E-state index in [1.54, 1.807) is 33.3 Å². The molecular formula is C14H22N4O3. The Morgan fingerprint density at radius 2 is 2.05 bits per heavy atom. The lowest BCUT2D eigenvalue weighted by molar-refractivity contribution is -0.384. The zero-order chi connectivity index (χ0) is 16.0. The molecule has 0 saturated carbocycles. The maximum absolute atomic E-state index is 11.8. The lowest BCUT2D eigenvalue weighted by atomic mass is 10.1. The standard InChI is InChI=1S/C14H22N4O3/c1-5-17(10-14(19)16(3)4)9-11-8-12(18(20)21)6-7-13(11)15-2/h6-8,15H,5,9-10H2,1-4H3. The fourth-order valence-corrected chi connectivity index (χ4v) is 1.92. The number of non-ortho nitro benzene ring substituents is 1. The number of anilines is 1. The van der Waals surface area contributed by atoms with Crippen LogP contribution in [0.3, 0.4) is 0 Å². The third-order valence-electron chi connectivity index (χ3n) is 3.27. The molecular weight excluding hydrogens is 272 g/mol. The topological polar surface area (TPSA) is 78.7 Å². The monoisotopic (exact) mass is 294 g/mol. The molecule has 0 atom stereocenters. The van der Waals surface area contributed by atoms with Gasteiger partial charge in [-0.1, -0.05) is 6.92 Å². The molecule has 0 aliphatic carbocycles. The van der Waals surface area contributed by atoms with Crippen LogP contribution < -0.4 is 5.32 Å². The van der Waals surface area contributed by atoms with Crippen LogP contribution >= 0.6 is 0 Å². The van der Waals surface area contributed by atoms with Crippen molar-refractivity contribution in [2.24, 2.45) is 0 Å². The number of nitro benzene ring substituents is 1. The first-order chi connectivity index (χ1) is 9.88. The van der Waals surface area contributed by atoms with Crippen LogP contribution in [0.5, 0.6) is 0 Å². The van der Waals surface area contributed by atoms with Crippen molar-refractivity contribution >= 4 is 17.3 Å². The summed E-state index contributed by atoms with van der Waals surface area (Å²) >= 11 is 0. The fourth-order valence-electron chi connectivity index (χ4n) is 1.92. The van der Waals surface area contributed by atoms with Crippen LogP contribution in [-0.2, 0) is 11.3 Å². The van der Waals surface area contributed by atoms with Gasteiger partial charge in [0, 0.05) is 45.5 Å². The summed E-state index contributed by atoms with van der Waals surface area (Å²) in [7, 11) is 5.19. The van der Waals surface area contributed by atoms with E-state index < -0.39 is 4.92 Å². The average molecular weight is 294 g/mol. The van der Waals surface area contributed by atoms with Crippen LogP contribution in [0, 0.1) is 10.1 Å². The van der Waals surface area contributed by atoms with Crippen molar-refractivity contribution in [3.8, 4) is 0 Å². The number of nitro groups is 1. The number of benzene rings is 1. The Morgan fingerprint density at radius 3 is 2.52 bits per heavy atom. The van der Waals surface area contributed by atoms with Gasteiger partial charge in [0.1, 0.15) is 0 Å². The van der Waals surface area contributed by atoms with E-state index in [1.807, 2.05) is 11.8 Å². The Bertz CT molecular complexity index is 517. The molecule has 0 radical (unpaired) electrons. The summed E-state index contributed by atoms with van der Waals surface area (Å²) in [6, 6.07) is 4.71. The maximum atomic E-state index is 11.8. The molecule has 0 saturated heterocycles. The number of likely N-dealkylation sites (N-methyl/N-ethyl adjacent to an activating group) is 2. The van der Waals surface area contributed by atoms with Gasteiger partial charge in [-0.15, -0.1) is 0 Å². The van der Waals surface area contributed by atoms with E-state index in [4.69, 9.17) is 0 Å². The van der Waals surface area contributed by atoms with E-state index in [0.717, 1.165) is 11.3 Å². The van der Waals surface area contributed by atoms with E-state index in [9.17, 15) is 14.9 Å². The number of amides is 1. The van der Waals surface area contributed by atoms with Gasteiger partial charge in [-0.05, 0) is 18.2 Å². The van der Waals surface area contributed by atoms with Crippen LogP contribution in [-0.4, -0.2) is 54.9 Å². The highest BCUT2D eigenvalue weighted by atomic mass is 16.6. The number of nitrogens with zero attached hydrogens (tertiary/aromatic N) is 3. The van der Waals surface area contributed by atoms with Gasteiger partial charge < -0.3 is 10.2 Å². The molecule has 0 bridgehead atoms. The molecule has 21 heavy (non-hydrogen) atoms.